The number of hydrogen-bond donors (Lipinski definition) is 6. The zero-order valence-electron chi connectivity index (χ0n) is 22.9. The first-order valence-corrected chi connectivity index (χ1v) is 14.1. The molecule has 1 aliphatic carbocycles. The number of nitrogens with one attached hydrogen (secondary N) is 2. The summed E-state index contributed by atoms with van der Waals surface area (Å²) in [6.07, 6.45) is -5.15. The average molecular weight is 627 g/mol. The summed E-state index contributed by atoms with van der Waals surface area (Å²) in [6.45, 7) is -1.32. The molecule has 2 fully saturated rings. The van der Waals surface area contributed by atoms with E-state index in [1.165, 1.54) is 30.3 Å². The van der Waals surface area contributed by atoms with Crippen LogP contribution in [-0.4, -0.2) is 81.0 Å². The number of carboxylic acids is 1. The van der Waals surface area contributed by atoms with Crippen LogP contribution < -0.4 is 10.6 Å². The molecule has 4 rings (SSSR count). The van der Waals surface area contributed by atoms with E-state index in [0.717, 1.165) is 31.4 Å². The number of aliphatic hydroxyl groups is 3. The van der Waals surface area contributed by atoms with E-state index in [9.17, 15) is 43.6 Å². The fourth-order valence-electron chi connectivity index (χ4n) is 5.01. The number of hydrogen-bond acceptors (Lipinski definition) is 8. The zero-order chi connectivity index (χ0) is 31.3. The molecular formula is C29H33ClF2N2O9. The van der Waals surface area contributed by atoms with Gasteiger partial charge in [0.25, 0.3) is 11.7 Å². The number of benzene rings is 2. The van der Waals surface area contributed by atoms with E-state index in [-0.39, 0.29) is 23.5 Å². The minimum absolute atomic E-state index is 0.130. The molecule has 1 aliphatic heterocycles. The lowest BCUT2D eigenvalue weighted by Gasteiger charge is -2.46. The largest absolute Gasteiger partial charge is 0.477 e. The van der Waals surface area contributed by atoms with E-state index < -0.39 is 85.2 Å². The van der Waals surface area contributed by atoms with Gasteiger partial charge in [-0.3, -0.25) is 9.59 Å². The van der Waals surface area contributed by atoms with Gasteiger partial charge in [-0.25, -0.2) is 13.6 Å². The van der Waals surface area contributed by atoms with Gasteiger partial charge >= 0.3 is 5.97 Å². The molecule has 2 amide bonds. The monoisotopic (exact) mass is 626 g/mol. The molecule has 0 unspecified atom stereocenters. The number of amides is 2. The van der Waals surface area contributed by atoms with E-state index in [4.69, 9.17) is 21.1 Å². The van der Waals surface area contributed by atoms with Crippen molar-refractivity contribution in [3.8, 4) is 0 Å². The highest BCUT2D eigenvalue weighted by Crippen LogP contribution is 2.35. The first-order chi connectivity index (χ1) is 20.4. The number of aliphatic hydroxyl groups excluding tert-OH is 3. The van der Waals surface area contributed by atoms with Crippen LogP contribution in [0.15, 0.2) is 42.5 Å². The number of carboxylic acid groups (broad SMARTS) is 1. The van der Waals surface area contributed by atoms with Gasteiger partial charge in [-0.1, -0.05) is 30.2 Å². The third-order valence-corrected chi connectivity index (χ3v) is 7.98. The summed E-state index contributed by atoms with van der Waals surface area (Å²) in [4.78, 5) is 37.7. The van der Waals surface area contributed by atoms with Crippen molar-refractivity contribution in [2.75, 3.05) is 6.54 Å². The second-order valence-corrected chi connectivity index (χ2v) is 11.2. The fraction of sp³-hybridized carbons (Fsp3) is 0.483. The van der Waals surface area contributed by atoms with Gasteiger partial charge in [0.15, 0.2) is 11.6 Å². The van der Waals surface area contributed by atoms with Crippen LogP contribution in [0, 0.1) is 17.6 Å². The molecule has 6 N–H and O–H groups in total. The fourth-order valence-corrected chi connectivity index (χ4v) is 5.14. The van der Waals surface area contributed by atoms with Crippen molar-refractivity contribution < 1.29 is 53.1 Å². The van der Waals surface area contributed by atoms with Gasteiger partial charge in [-0.2, -0.15) is 0 Å². The highest BCUT2D eigenvalue weighted by Gasteiger charge is 2.56. The third-order valence-electron chi connectivity index (χ3n) is 7.73. The van der Waals surface area contributed by atoms with Crippen LogP contribution in [0.5, 0.6) is 0 Å². The molecule has 6 atom stereocenters. The van der Waals surface area contributed by atoms with E-state index >= 15 is 0 Å². The molecule has 2 aromatic rings. The molecule has 11 nitrogen and oxygen atoms in total. The zero-order valence-corrected chi connectivity index (χ0v) is 23.7. The Morgan fingerprint density at radius 2 is 1.81 bits per heavy atom. The lowest BCUT2D eigenvalue weighted by Crippen LogP contribution is -2.68. The summed E-state index contributed by atoms with van der Waals surface area (Å²) in [5, 5.41) is 48.4. The molecule has 0 spiro atoms. The summed E-state index contributed by atoms with van der Waals surface area (Å²) in [6, 6.07) is 7.67. The first-order valence-electron chi connectivity index (χ1n) is 13.8. The Kier molecular flexibility index (Phi) is 10.7. The van der Waals surface area contributed by atoms with Crippen LogP contribution in [0.25, 0.3) is 0 Å². The number of rotatable bonds is 12. The first kappa shape index (κ1) is 32.7. The predicted molar refractivity (Wildman–Crippen MR) is 147 cm³/mol. The van der Waals surface area contributed by atoms with Crippen molar-refractivity contribution in [1.82, 2.24) is 10.6 Å². The van der Waals surface area contributed by atoms with Gasteiger partial charge in [0.1, 0.15) is 12.2 Å². The van der Waals surface area contributed by atoms with Crippen LogP contribution in [0.3, 0.4) is 0 Å². The smallest absolute Gasteiger partial charge is 0.364 e. The maximum atomic E-state index is 14.3. The molecule has 234 valence electrons. The van der Waals surface area contributed by atoms with Crippen LogP contribution in [0.4, 0.5) is 8.78 Å². The number of carbonyl (C=O) groups is 3. The predicted octanol–water partition coefficient (Wildman–Crippen LogP) is 1.89. The molecule has 14 heteroatoms. The number of carbonyl (C=O) groups excluding carboxylic acids is 2. The van der Waals surface area contributed by atoms with Crippen molar-refractivity contribution in [3.05, 3.63) is 70.2 Å². The second kappa shape index (κ2) is 14.1. The highest BCUT2D eigenvalue weighted by atomic mass is 35.5. The molecule has 0 bridgehead atoms. The second-order valence-electron chi connectivity index (χ2n) is 10.8. The Bertz CT molecular complexity index is 1310. The Hall–Kier alpha value is -3.20. The van der Waals surface area contributed by atoms with Gasteiger partial charge in [0.05, 0.1) is 24.9 Å². The summed E-state index contributed by atoms with van der Waals surface area (Å²) < 4.78 is 39.1. The average Bonchev–Trinajstić information content (AvgIpc) is 2.95. The molecule has 0 radical (unpaired) electrons. The molecule has 2 aromatic carbocycles. The van der Waals surface area contributed by atoms with Crippen molar-refractivity contribution >= 4 is 29.4 Å². The SMILES string of the molecule is O=C(CC1CCC1)N[C@@H]1[C@@H]([C@@H](O)[C@H](O)CNC(=O)c2ccc(Cl)cc2)O[C@@](OCc2cccc(F)c2F)(C(=O)O)C[C@H]1O. The van der Waals surface area contributed by atoms with Gasteiger partial charge < -0.3 is 40.5 Å². The van der Waals surface area contributed by atoms with Crippen LogP contribution in [0.2, 0.25) is 5.02 Å². The molecule has 2 aliphatic rings. The van der Waals surface area contributed by atoms with E-state index in [1.807, 2.05) is 0 Å². The maximum absolute atomic E-state index is 14.3. The lowest BCUT2D eigenvalue weighted by molar-refractivity contribution is -0.314. The van der Waals surface area contributed by atoms with Crippen molar-refractivity contribution in [2.24, 2.45) is 5.92 Å². The Labute approximate surface area is 250 Å². The molecular weight excluding hydrogens is 594 g/mol. The Morgan fingerprint density at radius 3 is 2.44 bits per heavy atom. The standard InChI is InChI=1S/C29H33ClF2N2O9/c30-18-9-7-16(8-10-18)27(39)33-13-21(36)25(38)26-24(34-22(37)11-15-3-1-4-15)20(35)12-29(43-26,28(40)41)42-14-17-5-2-6-19(31)23(17)32/h2,5-10,15,20-21,24-26,35-36,38H,1,3-4,11-14H2,(H,33,39)(H,34,37)(H,40,41)/t20-,21-,24+,25+,26+,29-/m1/s1. The molecule has 43 heavy (non-hydrogen) atoms. The quantitative estimate of drug-likeness (QED) is 0.206. The highest BCUT2D eigenvalue weighted by molar-refractivity contribution is 6.30. The van der Waals surface area contributed by atoms with E-state index in [2.05, 4.69) is 10.6 Å². The molecule has 1 heterocycles. The van der Waals surface area contributed by atoms with Gasteiger partial charge in [0.2, 0.25) is 5.91 Å². The molecule has 1 saturated heterocycles. The van der Waals surface area contributed by atoms with E-state index in [0.29, 0.717) is 5.02 Å². The van der Waals surface area contributed by atoms with Crippen LogP contribution in [0.1, 0.15) is 48.0 Å². The number of halogens is 3. The Balaban J connectivity index is 1.53. The van der Waals surface area contributed by atoms with Crippen LogP contribution in [-0.2, 0) is 25.7 Å². The number of ether oxygens (including phenoxy) is 2. The molecule has 1 saturated carbocycles. The van der Waals surface area contributed by atoms with Gasteiger partial charge in [-0.15, -0.1) is 0 Å². The van der Waals surface area contributed by atoms with Crippen molar-refractivity contribution in [2.45, 2.75) is 75.0 Å². The third kappa shape index (κ3) is 7.85. The van der Waals surface area contributed by atoms with Crippen LogP contribution >= 0.6 is 11.6 Å². The van der Waals surface area contributed by atoms with Gasteiger partial charge in [-0.05, 0) is 49.1 Å². The summed E-state index contributed by atoms with van der Waals surface area (Å²) in [5.41, 5.74) is -0.129. The minimum atomic E-state index is -2.69. The number of aliphatic carboxylic acids is 1. The minimum Gasteiger partial charge on any atom is -0.477 e. The normalized spacial score (nSPS) is 25.3. The van der Waals surface area contributed by atoms with E-state index in [1.54, 1.807) is 0 Å². The lowest BCUT2D eigenvalue weighted by atomic mass is 9.82. The maximum Gasteiger partial charge on any atom is 0.364 e. The van der Waals surface area contributed by atoms with Crippen molar-refractivity contribution in [3.63, 3.8) is 0 Å². The summed E-state index contributed by atoms with van der Waals surface area (Å²) >= 11 is 5.83. The topological polar surface area (TPSA) is 175 Å². The molecule has 0 aromatic heterocycles. The summed E-state index contributed by atoms with van der Waals surface area (Å²) in [5.74, 6) is -7.87. The van der Waals surface area contributed by atoms with Crippen molar-refractivity contribution in [1.29, 1.82) is 0 Å². The summed E-state index contributed by atoms with van der Waals surface area (Å²) in [7, 11) is 0. The Morgan fingerprint density at radius 1 is 1.12 bits per heavy atom. The van der Waals surface area contributed by atoms with Gasteiger partial charge in [0, 0.05) is 35.5 Å².